The van der Waals surface area contributed by atoms with Crippen molar-refractivity contribution in [3.05, 3.63) is 29.8 Å². The van der Waals surface area contributed by atoms with Crippen LogP contribution < -0.4 is 10.6 Å². The summed E-state index contributed by atoms with van der Waals surface area (Å²) in [5.41, 5.74) is 2.62. The first-order valence-electron chi connectivity index (χ1n) is 6.92. The van der Waals surface area contributed by atoms with Crippen LogP contribution in [0.5, 0.6) is 0 Å². The van der Waals surface area contributed by atoms with Gasteiger partial charge in [0.05, 0.1) is 0 Å². The molecule has 2 rings (SSSR count). The highest BCUT2D eigenvalue weighted by Gasteiger charge is 2.12. The fraction of sp³-hybridized carbons (Fsp3) is 0.600. The Morgan fingerprint density at radius 2 is 2.28 bits per heavy atom. The van der Waals surface area contributed by atoms with Crippen molar-refractivity contribution in [3.63, 3.8) is 0 Å². The van der Waals surface area contributed by atoms with E-state index in [2.05, 4.69) is 53.9 Å². The molecule has 0 amide bonds. The van der Waals surface area contributed by atoms with Crippen LogP contribution in [0.1, 0.15) is 18.4 Å². The fourth-order valence-electron chi connectivity index (χ4n) is 2.51. The van der Waals surface area contributed by atoms with Gasteiger partial charge in [0.1, 0.15) is 0 Å². The molecule has 0 aromatic heterocycles. The summed E-state index contributed by atoms with van der Waals surface area (Å²) in [6.07, 6.45) is 2.66. The van der Waals surface area contributed by atoms with Gasteiger partial charge in [-0.15, -0.1) is 0 Å². The Labute approximate surface area is 111 Å². The lowest BCUT2D eigenvalue weighted by molar-refractivity contribution is 0.392. The van der Waals surface area contributed by atoms with Gasteiger partial charge >= 0.3 is 0 Å². The van der Waals surface area contributed by atoms with Crippen molar-refractivity contribution in [1.82, 2.24) is 10.2 Å². The molecule has 1 atom stereocenters. The van der Waals surface area contributed by atoms with Crippen LogP contribution in [-0.2, 0) is 6.54 Å². The first kappa shape index (κ1) is 13.4. The monoisotopic (exact) mass is 247 g/mol. The largest absolute Gasteiger partial charge is 0.385 e. The third-order valence-electron chi connectivity index (χ3n) is 3.42. The van der Waals surface area contributed by atoms with E-state index in [0.717, 1.165) is 25.6 Å². The smallest absolute Gasteiger partial charge is 0.0343 e. The Bertz CT molecular complexity index is 357. The molecule has 1 aromatic carbocycles. The SMILES string of the molecule is CN(C)Cc1cccc(NCC2CCCNC2)c1. The van der Waals surface area contributed by atoms with Crippen LogP contribution in [0.2, 0.25) is 0 Å². The summed E-state index contributed by atoms with van der Waals surface area (Å²) in [6.45, 7) is 4.43. The number of nitrogens with one attached hydrogen (secondary N) is 2. The molecule has 0 radical (unpaired) electrons. The van der Waals surface area contributed by atoms with Gasteiger partial charge in [-0.05, 0) is 63.6 Å². The zero-order valence-electron chi connectivity index (χ0n) is 11.6. The fourth-order valence-corrected chi connectivity index (χ4v) is 2.51. The van der Waals surface area contributed by atoms with Crippen molar-refractivity contribution in [3.8, 4) is 0 Å². The van der Waals surface area contributed by atoms with Crippen molar-refractivity contribution in [2.75, 3.05) is 39.0 Å². The number of piperidine rings is 1. The van der Waals surface area contributed by atoms with Gasteiger partial charge in [0.2, 0.25) is 0 Å². The lowest BCUT2D eigenvalue weighted by Gasteiger charge is -2.23. The summed E-state index contributed by atoms with van der Waals surface area (Å²) in [4.78, 5) is 2.20. The maximum atomic E-state index is 3.57. The van der Waals surface area contributed by atoms with E-state index in [1.807, 2.05) is 0 Å². The zero-order chi connectivity index (χ0) is 12.8. The number of benzene rings is 1. The minimum absolute atomic E-state index is 0.774. The Balaban J connectivity index is 1.84. The first-order chi connectivity index (χ1) is 8.74. The van der Waals surface area contributed by atoms with Crippen LogP contribution >= 0.6 is 0 Å². The molecule has 1 aliphatic rings. The van der Waals surface area contributed by atoms with E-state index in [1.165, 1.54) is 30.6 Å². The second-order valence-corrected chi connectivity index (χ2v) is 5.53. The highest BCUT2D eigenvalue weighted by atomic mass is 15.0. The molecular weight excluding hydrogens is 222 g/mol. The second kappa shape index (κ2) is 6.76. The molecule has 0 aliphatic carbocycles. The molecule has 1 saturated heterocycles. The predicted octanol–water partition coefficient (Wildman–Crippen LogP) is 2.16. The molecule has 1 fully saturated rings. The van der Waals surface area contributed by atoms with E-state index >= 15 is 0 Å². The van der Waals surface area contributed by atoms with Gasteiger partial charge in [-0.25, -0.2) is 0 Å². The molecular formula is C15H25N3. The molecule has 0 saturated carbocycles. The molecule has 1 aliphatic heterocycles. The average Bonchev–Trinajstić information content (AvgIpc) is 2.37. The number of rotatable bonds is 5. The summed E-state index contributed by atoms with van der Waals surface area (Å²) in [6, 6.07) is 8.75. The lowest BCUT2D eigenvalue weighted by atomic mass is 9.99. The number of hydrogen-bond donors (Lipinski definition) is 2. The summed E-state index contributed by atoms with van der Waals surface area (Å²) in [7, 11) is 4.21. The van der Waals surface area contributed by atoms with Gasteiger partial charge < -0.3 is 15.5 Å². The lowest BCUT2D eigenvalue weighted by Crippen LogP contribution is -2.33. The number of anilines is 1. The van der Waals surface area contributed by atoms with E-state index in [1.54, 1.807) is 0 Å². The predicted molar refractivity (Wildman–Crippen MR) is 77.9 cm³/mol. The molecule has 3 heteroatoms. The van der Waals surface area contributed by atoms with Crippen molar-refractivity contribution < 1.29 is 0 Å². The van der Waals surface area contributed by atoms with Gasteiger partial charge in [0.15, 0.2) is 0 Å². The maximum Gasteiger partial charge on any atom is 0.0343 e. The van der Waals surface area contributed by atoms with E-state index in [9.17, 15) is 0 Å². The van der Waals surface area contributed by atoms with Crippen LogP contribution in [0, 0.1) is 5.92 Å². The summed E-state index contributed by atoms with van der Waals surface area (Å²) < 4.78 is 0. The van der Waals surface area contributed by atoms with Gasteiger partial charge in [-0.3, -0.25) is 0 Å². The van der Waals surface area contributed by atoms with Crippen LogP contribution in [0.3, 0.4) is 0 Å². The molecule has 1 heterocycles. The topological polar surface area (TPSA) is 27.3 Å². The second-order valence-electron chi connectivity index (χ2n) is 5.53. The molecule has 0 spiro atoms. The van der Waals surface area contributed by atoms with Crippen molar-refractivity contribution in [2.45, 2.75) is 19.4 Å². The van der Waals surface area contributed by atoms with Gasteiger partial charge in [-0.1, -0.05) is 12.1 Å². The number of hydrogen-bond acceptors (Lipinski definition) is 3. The van der Waals surface area contributed by atoms with Crippen molar-refractivity contribution in [2.24, 2.45) is 5.92 Å². The standard InChI is InChI=1S/C15H25N3/c1-18(2)12-13-5-3-7-15(9-13)17-11-14-6-4-8-16-10-14/h3,5,7,9,14,16-17H,4,6,8,10-12H2,1-2H3. The van der Waals surface area contributed by atoms with Crippen LogP contribution in [0.15, 0.2) is 24.3 Å². The summed E-state index contributed by atoms with van der Waals surface area (Å²) in [5, 5.41) is 7.03. The van der Waals surface area contributed by atoms with Crippen molar-refractivity contribution >= 4 is 5.69 Å². The first-order valence-corrected chi connectivity index (χ1v) is 6.92. The molecule has 1 aromatic rings. The maximum absolute atomic E-state index is 3.57. The van der Waals surface area contributed by atoms with E-state index in [4.69, 9.17) is 0 Å². The molecule has 0 bridgehead atoms. The van der Waals surface area contributed by atoms with E-state index in [-0.39, 0.29) is 0 Å². The van der Waals surface area contributed by atoms with Crippen molar-refractivity contribution in [1.29, 1.82) is 0 Å². The Kier molecular flexibility index (Phi) is 5.02. The molecule has 3 nitrogen and oxygen atoms in total. The highest BCUT2D eigenvalue weighted by Crippen LogP contribution is 2.15. The molecule has 2 N–H and O–H groups in total. The van der Waals surface area contributed by atoms with Gasteiger partial charge in [0.25, 0.3) is 0 Å². The van der Waals surface area contributed by atoms with Crippen LogP contribution in [0.25, 0.3) is 0 Å². The third-order valence-corrected chi connectivity index (χ3v) is 3.42. The van der Waals surface area contributed by atoms with Crippen LogP contribution in [-0.4, -0.2) is 38.6 Å². The summed E-state index contributed by atoms with van der Waals surface area (Å²) in [5.74, 6) is 0.774. The van der Waals surface area contributed by atoms with Gasteiger partial charge in [0, 0.05) is 18.8 Å². The average molecular weight is 247 g/mol. The Hall–Kier alpha value is -1.06. The number of nitrogens with zero attached hydrogens (tertiary/aromatic N) is 1. The van der Waals surface area contributed by atoms with Crippen LogP contribution in [0.4, 0.5) is 5.69 Å². The third kappa shape index (κ3) is 4.31. The highest BCUT2D eigenvalue weighted by molar-refractivity contribution is 5.45. The van der Waals surface area contributed by atoms with Gasteiger partial charge in [-0.2, -0.15) is 0 Å². The Morgan fingerprint density at radius 1 is 1.39 bits per heavy atom. The Morgan fingerprint density at radius 3 is 3.00 bits per heavy atom. The molecule has 18 heavy (non-hydrogen) atoms. The zero-order valence-corrected chi connectivity index (χ0v) is 11.6. The summed E-state index contributed by atoms with van der Waals surface area (Å²) >= 11 is 0. The molecule has 1 unspecified atom stereocenters. The quantitative estimate of drug-likeness (QED) is 0.835. The van der Waals surface area contributed by atoms with E-state index < -0.39 is 0 Å². The minimum Gasteiger partial charge on any atom is -0.385 e. The normalized spacial score (nSPS) is 20.1. The van der Waals surface area contributed by atoms with E-state index in [0.29, 0.717) is 0 Å². The molecule has 100 valence electrons. The minimum atomic E-state index is 0.774.